The summed E-state index contributed by atoms with van der Waals surface area (Å²) < 4.78 is 34.4. The predicted octanol–water partition coefficient (Wildman–Crippen LogP) is 5.26. The molecule has 1 atom stereocenters. The molecule has 0 unspecified atom stereocenters. The third-order valence-corrected chi connectivity index (χ3v) is 8.02. The number of aromatic nitrogens is 8. The van der Waals surface area contributed by atoms with E-state index < -0.39 is 12.6 Å². The number of nitrogens with zero attached hydrogens (tertiary/aromatic N) is 10. The summed E-state index contributed by atoms with van der Waals surface area (Å²) in [5, 5.41) is 15.8. The number of halogens is 2. The van der Waals surface area contributed by atoms with Crippen molar-refractivity contribution in [3.8, 4) is 22.6 Å². The molecule has 1 fully saturated rings. The van der Waals surface area contributed by atoms with Crippen LogP contribution < -0.4 is 0 Å². The lowest BCUT2D eigenvalue weighted by Crippen LogP contribution is -2.50. The Balaban J connectivity index is 1.07. The van der Waals surface area contributed by atoms with Crippen molar-refractivity contribution >= 4 is 17.0 Å². The van der Waals surface area contributed by atoms with Crippen LogP contribution in [0.5, 0.6) is 0 Å². The van der Waals surface area contributed by atoms with Crippen LogP contribution >= 0.6 is 0 Å². The van der Waals surface area contributed by atoms with E-state index in [0.717, 1.165) is 16.7 Å². The van der Waals surface area contributed by atoms with Crippen LogP contribution in [0.1, 0.15) is 54.4 Å². The first-order valence-corrected chi connectivity index (χ1v) is 14.9. The van der Waals surface area contributed by atoms with Gasteiger partial charge in [0.05, 0.1) is 12.2 Å². The summed E-state index contributed by atoms with van der Waals surface area (Å²) in [6.07, 6.45) is 5.41. The first kappa shape index (κ1) is 29.3. The number of hydrogen-bond acceptors (Lipinski definition) is 9. The summed E-state index contributed by atoms with van der Waals surface area (Å²) in [6.45, 7) is 3.00. The molecule has 5 heterocycles. The lowest BCUT2D eigenvalue weighted by atomic mass is 10.0. The van der Waals surface area contributed by atoms with Crippen molar-refractivity contribution in [1.29, 1.82) is 0 Å². The monoisotopic (exact) mass is 624 g/mol. The molecule has 0 aliphatic carbocycles. The maximum Gasteiger partial charge on any atom is 0.350 e. The molecule has 4 aromatic heterocycles. The van der Waals surface area contributed by atoms with Crippen LogP contribution in [0, 0.1) is 0 Å². The average Bonchev–Trinajstić information content (AvgIpc) is 3.86. The van der Waals surface area contributed by atoms with E-state index in [-0.39, 0.29) is 23.5 Å². The van der Waals surface area contributed by atoms with Gasteiger partial charge >= 0.3 is 6.55 Å². The summed E-state index contributed by atoms with van der Waals surface area (Å²) in [7, 11) is 0. The van der Waals surface area contributed by atoms with Gasteiger partial charge in [0.25, 0.3) is 5.91 Å². The van der Waals surface area contributed by atoms with Crippen LogP contribution in [0.15, 0.2) is 83.7 Å². The molecule has 14 heteroatoms. The van der Waals surface area contributed by atoms with Crippen LogP contribution in [0.4, 0.5) is 8.78 Å². The van der Waals surface area contributed by atoms with Gasteiger partial charge in [-0.15, -0.1) is 10.2 Å². The fraction of sp³-hybridized carbons (Fsp3) is 0.281. The molecule has 1 saturated heterocycles. The number of alkyl halides is 2. The molecule has 12 nitrogen and oxygen atoms in total. The van der Waals surface area contributed by atoms with Crippen LogP contribution in [0.3, 0.4) is 0 Å². The second kappa shape index (κ2) is 12.2. The number of hydrogen-bond donors (Lipinski definition) is 0. The Bertz CT molecular complexity index is 1980. The van der Waals surface area contributed by atoms with Gasteiger partial charge in [0, 0.05) is 55.7 Å². The van der Waals surface area contributed by atoms with Crippen LogP contribution in [0.2, 0.25) is 0 Å². The minimum absolute atomic E-state index is 0.178. The number of pyridine rings is 1. The van der Waals surface area contributed by atoms with Crippen molar-refractivity contribution in [2.75, 3.05) is 26.2 Å². The number of carbonyl (C=O) groups excluding carboxylic acids is 1. The molecular weight excluding hydrogens is 594 g/mol. The zero-order valence-electron chi connectivity index (χ0n) is 25.1. The summed E-state index contributed by atoms with van der Waals surface area (Å²) in [6, 6.07) is 18.5. The number of oxazole rings is 1. The normalized spacial score (nSPS) is 14.9. The van der Waals surface area contributed by atoms with E-state index in [1.165, 1.54) is 0 Å². The average molecular weight is 625 g/mol. The molecule has 46 heavy (non-hydrogen) atoms. The van der Waals surface area contributed by atoms with Gasteiger partial charge in [-0.05, 0) is 54.5 Å². The number of tetrazole rings is 1. The van der Waals surface area contributed by atoms with Crippen molar-refractivity contribution in [3.63, 3.8) is 0 Å². The predicted molar refractivity (Wildman–Crippen MR) is 164 cm³/mol. The Morgan fingerprint density at radius 3 is 2.46 bits per heavy atom. The first-order chi connectivity index (χ1) is 22.3. The highest BCUT2D eigenvalue weighted by Gasteiger charge is 2.32. The molecule has 7 rings (SSSR count). The molecule has 0 N–H and O–H groups in total. The van der Waals surface area contributed by atoms with Crippen LogP contribution in [0.25, 0.3) is 33.7 Å². The molecule has 0 spiro atoms. The van der Waals surface area contributed by atoms with Gasteiger partial charge in [0.1, 0.15) is 11.2 Å². The minimum Gasteiger partial charge on any atom is -0.436 e. The van der Waals surface area contributed by atoms with Crippen molar-refractivity contribution in [1.82, 2.24) is 49.8 Å². The number of benzene rings is 2. The maximum absolute atomic E-state index is 13.6. The Hall–Kier alpha value is -5.37. The molecule has 0 radical (unpaired) electrons. The number of fused-ring (bicyclic) bond motifs is 1. The first-order valence-electron chi connectivity index (χ1n) is 14.9. The van der Waals surface area contributed by atoms with E-state index in [9.17, 15) is 13.6 Å². The lowest BCUT2D eigenvalue weighted by molar-refractivity contribution is 0.0385. The van der Waals surface area contributed by atoms with E-state index in [4.69, 9.17) is 9.40 Å². The van der Waals surface area contributed by atoms with E-state index in [2.05, 4.69) is 44.2 Å². The van der Waals surface area contributed by atoms with E-state index in [0.29, 0.717) is 53.5 Å². The molecule has 1 aliphatic heterocycles. The molecule has 1 amide bonds. The summed E-state index contributed by atoms with van der Waals surface area (Å²) in [4.78, 5) is 26.7. The topological polar surface area (TPSA) is 124 Å². The van der Waals surface area contributed by atoms with Crippen molar-refractivity contribution in [2.45, 2.75) is 32.5 Å². The number of carbonyl (C=O) groups is 1. The fourth-order valence-corrected chi connectivity index (χ4v) is 5.61. The number of piperazine rings is 1. The standard InChI is InChI=1S/C32H30F2N10O2/c1-20(2)43-19-24(18-36-43)22-8-9-27-25(16-22)37-30(46-27)23-10-11-35-26(17-23)31(45)42-14-12-41(13-15-42)28(21-6-4-3-5-7-21)29-38-40-44(39-29)32(33)34/h3-11,16-20,28,32H,12-15H2,1-2H3/t28-/m1/s1. The zero-order chi connectivity index (χ0) is 31.8. The minimum atomic E-state index is -2.89. The third kappa shape index (κ3) is 5.74. The summed E-state index contributed by atoms with van der Waals surface area (Å²) in [5.74, 6) is 0.346. The lowest BCUT2D eigenvalue weighted by Gasteiger charge is -2.38. The van der Waals surface area contributed by atoms with Gasteiger partial charge in [0.2, 0.25) is 5.89 Å². The molecule has 1 aliphatic rings. The Morgan fingerprint density at radius 2 is 1.74 bits per heavy atom. The molecule has 0 bridgehead atoms. The van der Waals surface area contributed by atoms with Crippen molar-refractivity contribution in [2.24, 2.45) is 0 Å². The second-order valence-electron chi connectivity index (χ2n) is 11.3. The van der Waals surface area contributed by atoms with Gasteiger partial charge < -0.3 is 9.32 Å². The highest BCUT2D eigenvalue weighted by atomic mass is 19.3. The van der Waals surface area contributed by atoms with Gasteiger partial charge in [-0.3, -0.25) is 19.4 Å². The Morgan fingerprint density at radius 1 is 0.935 bits per heavy atom. The fourth-order valence-electron chi connectivity index (χ4n) is 5.61. The van der Waals surface area contributed by atoms with Crippen LogP contribution in [-0.4, -0.2) is 81.8 Å². The van der Waals surface area contributed by atoms with E-state index >= 15 is 0 Å². The SMILES string of the molecule is CC(C)n1cc(-c2ccc3oc(-c4ccnc(C(=O)N5CCN([C@H](c6ccccc6)c6nnn(C(F)F)n6)CC5)c4)nc3c2)cn1. The molecule has 0 saturated carbocycles. The Labute approximate surface area is 262 Å². The van der Waals surface area contributed by atoms with Crippen molar-refractivity contribution in [3.05, 3.63) is 96.3 Å². The molecule has 2 aromatic carbocycles. The van der Waals surface area contributed by atoms with Crippen molar-refractivity contribution < 1.29 is 18.0 Å². The summed E-state index contributed by atoms with van der Waals surface area (Å²) >= 11 is 0. The summed E-state index contributed by atoms with van der Waals surface area (Å²) in [5.41, 5.74) is 5.06. The van der Waals surface area contributed by atoms with Gasteiger partial charge in [0.15, 0.2) is 11.4 Å². The van der Waals surface area contributed by atoms with Gasteiger partial charge in [-0.25, -0.2) is 4.98 Å². The highest BCUT2D eigenvalue weighted by molar-refractivity contribution is 5.93. The van der Waals surface area contributed by atoms with Gasteiger partial charge in [-0.2, -0.15) is 13.9 Å². The van der Waals surface area contributed by atoms with Gasteiger partial charge in [-0.1, -0.05) is 41.2 Å². The molecular formula is C32H30F2N10O2. The molecule has 234 valence electrons. The highest BCUT2D eigenvalue weighted by Crippen LogP contribution is 2.30. The quantitative estimate of drug-likeness (QED) is 0.223. The van der Waals surface area contributed by atoms with E-state index in [1.807, 2.05) is 65.6 Å². The largest absolute Gasteiger partial charge is 0.436 e. The zero-order valence-corrected chi connectivity index (χ0v) is 25.1. The molecule has 6 aromatic rings. The smallest absolute Gasteiger partial charge is 0.350 e. The van der Waals surface area contributed by atoms with E-state index in [1.54, 1.807) is 23.2 Å². The Kier molecular flexibility index (Phi) is 7.78. The number of amides is 1. The maximum atomic E-state index is 13.6. The van der Waals surface area contributed by atoms with Crippen LogP contribution in [-0.2, 0) is 0 Å². The second-order valence-corrected chi connectivity index (χ2v) is 11.3. The third-order valence-electron chi connectivity index (χ3n) is 8.02. The number of rotatable bonds is 8.